The van der Waals surface area contributed by atoms with Crippen molar-refractivity contribution in [3.8, 4) is 11.1 Å². The molecule has 3 rings (SSSR count). The molecule has 170 valence electrons. The lowest BCUT2D eigenvalue weighted by Gasteiger charge is -2.19. The van der Waals surface area contributed by atoms with Crippen LogP contribution in [0, 0.1) is 0 Å². The van der Waals surface area contributed by atoms with Gasteiger partial charge in [-0.3, -0.25) is 4.79 Å². The molecule has 2 amide bonds. The molecule has 2 aromatic carbocycles. The van der Waals surface area contributed by atoms with Crippen LogP contribution in [-0.4, -0.2) is 53.0 Å². The molecule has 2 unspecified atom stereocenters. The number of carboxylic acids is 1. The van der Waals surface area contributed by atoms with Gasteiger partial charge >= 0.3 is 12.1 Å². The van der Waals surface area contributed by atoms with Crippen LogP contribution in [0.15, 0.2) is 48.5 Å². The fraction of sp³-hybridized carbons (Fsp3) is 0.375. The van der Waals surface area contributed by atoms with Gasteiger partial charge in [-0.05, 0) is 42.5 Å². The summed E-state index contributed by atoms with van der Waals surface area (Å²) in [5.74, 6) is -1.85. The molecular weight excluding hydrogens is 412 g/mol. The maximum atomic E-state index is 12.3. The molecular formula is C24H28N2O6. The molecule has 0 radical (unpaired) electrons. The van der Waals surface area contributed by atoms with Crippen LogP contribution in [0.3, 0.4) is 0 Å². The van der Waals surface area contributed by atoms with Crippen molar-refractivity contribution in [1.29, 1.82) is 0 Å². The molecule has 0 bridgehead atoms. The number of alkyl carbamates (subject to hydrolysis) is 1. The number of benzene rings is 2. The van der Waals surface area contributed by atoms with E-state index < -0.39 is 30.1 Å². The smallest absolute Gasteiger partial charge is 0.407 e. The van der Waals surface area contributed by atoms with Gasteiger partial charge in [0.15, 0.2) is 5.60 Å². The van der Waals surface area contributed by atoms with Crippen molar-refractivity contribution in [2.24, 2.45) is 0 Å². The zero-order valence-electron chi connectivity index (χ0n) is 18.1. The summed E-state index contributed by atoms with van der Waals surface area (Å²) in [5.41, 5.74) is 2.53. The van der Waals surface area contributed by atoms with Crippen molar-refractivity contribution in [3.05, 3.63) is 59.7 Å². The number of carbonyl (C=O) groups excluding carboxylic acids is 2. The molecule has 0 aromatic heterocycles. The number of hydrogen-bond donors (Lipinski definition) is 4. The van der Waals surface area contributed by atoms with Crippen LogP contribution in [0.4, 0.5) is 4.79 Å². The van der Waals surface area contributed by atoms with Crippen molar-refractivity contribution < 1.29 is 29.3 Å². The highest BCUT2D eigenvalue weighted by molar-refractivity contribution is 5.80. The van der Waals surface area contributed by atoms with E-state index in [2.05, 4.69) is 22.8 Å². The Hall–Kier alpha value is -3.39. The molecule has 0 saturated carbocycles. The average molecular weight is 440 g/mol. The van der Waals surface area contributed by atoms with Gasteiger partial charge in [0, 0.05) is 18.4 Å². The van der Waals surface area contributed by atoms with Gasteiger partial charge in [-0.15, -0.1) is 0 Å². The van der Waals surface area contributed by atoms with Crippen LogP contribution < -0.4 is 10.6 Å². The summed E-state index contributed by atoms with van der Waals surface area (Å²) in [7, 11) is 0. The fourth-order valence-corrected chi connectivity index (χ4v) is 3.70. The van der Waals surface area contributed by atoms with Crippen LogP contribution in [0.1, 0.15) is 43.7 Å². The SMILES string of the molecule is CC(CCC(=O)NCC(C)(O)C(=O)O)NC(=O)OCC1c2ccccc2-c2ccccc21. The molecule has 0 aliphatic heterocycles. The first kappa shape index (κ1) is 23.3. The number of hydrogen-bond acceptors (Lipinski definition) is 5. The molecule has 0 fully saturated rings. The second-order valence-electron chi connectivity index (χ2n) is 8.27. The number of aliphatic carboxylic acids is 1. The van der Waals surface area contributed by atoms with E-state index in [1.807, 2.05) is 36.4 Å². The predicted molar refractivity (Wildman–Crippen MR) is 118 cm³/mol. The van der Waals surface area contributed by atoms with Gasteiger partial charge in [-0.1, -0.05) is 48.5 Å². The topological polar surface area (TPSA) is 125 Å². The molecule has 2 aromatic rings. The monoisotopic (exact) mass is 440 g/mol. The second kappa shape index (κ2) is 9.82. The van der Waals surface area contributed by atoms with E-state index in [-0.39, 0.29) is 25.0 Å². The van der Waals surface area contributed by atoms with Crippen molar-refractivity contribution >= 4 is 18.0 Å². The average Bonchev–Trinajstić information content (AvgIpc) is 3.08. The fourth-order valence-electron chi connectivity index (χ4n) is 3.70. The Morgan fingerprint density at radius 1 is 1.06 bits per heavy atom. The third kappa shape index (κ3) is 5.45. The number of ether oxygens (including phenoxy) is 1. The summed E-state index contributed by atoms with van der Waals surface area (Å²) in [6.45, 7) is 2.67. The number of rotatable bonds is 9. The largest absolute Gasteiger partial charge is 0.479 e. The summed E-state index contributed by atoms with van der Waals surface area (Å²) in [4.78, 5) is 35.0. The maximum absolute atomic E-state index is 12.3. The van der Waals surface area contributed by atoms with Gasteiger partial charge in [0.05, 0.1) is 6.54 Å². The number of aliphatic hydroxyl groups is 1. The lowest BCUT2D eigenvalue weighted by molar-refractivity contribution is -0.156. The second-order valence-corrected chi connectivity index (χ2v) is 8.27. The van der Waals surface area contributed by atoms with Gasteiger partial charge in [0.2, 0.25) is 5.91 Å². The first-order valence-corrected chi connectivity index (χ1v) is 10.5. The Morgan fingerprint density at radius 2 is 1.62 bits per heavy atom. The lowest BCUT2D eigenvalue weighted by Crippen LogP contribution is -2.46. The first-order valence-electron chi connectivity index (χ1n) is 10.5. The van der Waals surface area contributed by atoms with Crippen LogP contribution in [0.25, 0.3) is 11.1 Å². The Balaban J connectivity index is 1.45. The minimum atomic E-state index is -2.03. The van der Waals surface area contributed by atoms with Crippen LogP contribution >= 0.6 is 0 Å². The van der Waals surface area contributed by atoms with E-state index in [1.54, 1.807) is 6.92 Å². The van der Waals surface area contributed by atoms with E-state index in [0.29, 0.717) is 6.42 Å². The molecule has 1 aliphatic carbocycles. The number of amides is 2. The molecule has 8 nitrogen and oxygen atoms in total. The Morgan fingerprint density at radius 3 is 2.19 bits per heavy atom. The number of fused-ring (bicyclic) bond motifs is 3. The van der Waals surface area contributed by atoms with Gasteiger partial charge in [0.1, 0.15) is 6.61 Å². The summed E-state index contributed by atoms with van der Waals surface area (Å²) in [6.07, 6.45) is -0.153. The molecule has 1 aliphatic rings. The molecule has 0 saturated heterocycles. The van der Waals surface area contributed by atoms with Crippen molar-refractivity contribution in [1.82, 2.24) is 10.6 Å². The molecule has 4 N–H and O–H groups in total. The molecule has 0 spiro atoms. The number of carbonyl (C=O) groups is 3. The van der Waals surface area contributed by atoms with E-state index in [0.717, 1.165) is 29.2 Å². The number of carboxylic acid groups (broad SMARTS) is 1. The molecule has 2 atom stereocenters. The van der Waals surface area contributed by atoms with Crippen molar-refractivity contribution in [2.45, 2.75) is 44.2 Å². The highest BCUT2D eigenvalue weighted by Crippen LogP contribution is 2.44. The van der Waals surface area contributed by atoms with Crippen LogP contribution in [0.2, 0.25) is 0 Å². The third-order valence-corrected chi connectivity index (χ3v) is 5.60. The van der Waals surface area contributed by atoms with E-state index in [1.165, 1.54) is 0 Å². The molecule has 8 heteroatoms. The zero-order valence-corrected chi connectivity index (χ0v) is 18.1. The van der Waals surface area contributed by atoms with E-state index in [4.69, 9.17) is 9.84 Å². The van der Waals surface area contributed by atoms with Crippen LogP contribution in [-0.2, 0) is 14.3 Å². The van der Waals surface area contributed by atoms with Gasteiger partial charge in [0.25, 0.3) is 0 Å². The summed E-state index contributed by atoms with van der Waals surface area (Å²) < 4.78 is 5.49. The van der Waals surface area contributed by atoms with E-state index in [9.17, 15) is 19.5 Å². The lowest BCUT2D eigenvalue weighted by atomic mass is 9.98. The minimum absolute atomic E-state index is 0.0312. The minimum Gasteiger partial charge on any atom is -0.479 e. The van der Waals surface area contributed by atoms with Gasteiger partial charge < -0.3 is 25.6 Å². The van der Waals surface area contributed by atoms with E-state index >= 15 is 0 Å². The zero-order chi connectivity index (χ0) is 23.3. The molecule has 0 heterocycles. The molecule has 32 heavy (non-hydrogen) atoms. The van der Waals surface area contributed by atoms with Crippen LogP contribution in [0.5, 0.6) is 0 Å². The van der Waals surface area contributed by atoms with Crippen molar-refractivity contribution in [2.75, 3.05) is 13.2 Å². The Labute approximate surface area is 186 Å². The quantitative estimate of drug-likeness (QED) is 0.475. The number of nitrogens with one attached hydrogen (secondary N) is 2. The standard InChI is InChI=1S/C24H28N2O6/c1-15(11-12-21(27)25-14-24(2,31)22(28)29)26-23(30)32-13-20-18-9-5-3-7-16(18)17-8-4-6-10-19(17)20/h3-10,15,20,31H,11-14H2,1-2H3,(H,25,27)(H,26,30)(H,28,29). The Kier molecular flexibility index (Phi) is 7.15. The van der Waals surface area contributed by atoms with Gasteiger partial charge in [-0.25, -0.2) is 9.59 Å². The summed E-state index contributed by atoms with van der Waals surface area (Å²) in [6, 6.07) is 15.8. The van der Waals surface area contributed by atoms with Crippen molar-refractivity contribution in [3.63, 3.8) is 0 Å². The predicted octanol–water partition coefficient (Wildman–Crippen LogP) is 2.65. The summed E-state index contributed by atoms with van der Waals surface area (Å²) in [5, 5.41) is 23.6. The normalized spacial score (nSPS) is 15.1. The summed E-state index contributed by atoms with van der Waals surface area (Å²) >= 11 is 0. The first-order chi connectivity index (χ1) is 15.2. The third-order valence-electron chi connectivity index (χ3n) is 5.60. The Bertz CT molecular complexity index is 958. The highest BCUT2D eigenvalue weighted by Gasteiger charge is 2.30. The highest BCUT2D eigenvalue weighted by atomic mass is 16.5. The maximum Gasteiger partial charge on any atom is 0.407 e. The van der Waals surface area contributed by atoms with Gasteiger partial charge in [-0.2, -0.15) is 0 Å².